The fourth-order valence-corrected chi connectivity index (χ4v) is 1.50. The Balaban J connectivity index is 2.36. The van der Waals surface area contributed by atoms with E-state index in [1.807, 2.05) is 6.92 Å². The van der Waals surface area contributed by atoms with Crippen molar-refractivity contribution in [2.24, 2.45) is 0 Å². The summed E-state index contributed by atoms with van der Waals surface area (Å²) in [6, 6.07) is 3.55. The summed E-state index contributed by atoms with van der Waals surface area (Å²) in [6.45, 7) is 4.38. The largest absolute Gasteiger partial charge is 0.462 e. The summed E-state index contributed by atoms with van der Waals surface area (Å²) in [4.78, 5) is 21.3. The molecule has 80 valence electrons. The lowest BCUT2D eigenvalue weighted by Gasteiger charge is -2.06. The maximum absolute atomic E-state index is 11.6. The molecular formula is C11H12O4. The third kappa shape index (κ3) is 1.80. The average molecular weight is 208 g/mol. The molecule has 0 bridgehead atoms. The van der Waals surface area contributed by atoms with Gasteiger partial charge in [0.05, 0.1) is 12.2 Å². The quantitative estimate of drug-likeness (QED) is 0.550. The first-order valence-electron chi connectivity index (χ1n) is 4.82. The van der Waals surface area contributed by atoms with Crippen molar-refractivity contribution in [3.05, 3.63) is 28.8 Å². The Hall–Kier alpha value is -1.55. The molecule has 0 radical (unpaired) electrons. The molecule has 0 spiro atoms. The Labute approximate surface area is 87.7 Å². The van der Waals surface area contributed by atoms with Gasteiger partial charge in [0.1, 0.15) is 6.61 Å². The van der Waals surface area contributed by atoms with Crippen LogP contribution in [0.15, 0.2) is 12.1 Å². The highest BCUT2D eigenvalue weighted by Gasteiger charge is 2.19. The molecule has 1 aromatic carbocycles. The number of carbonyl (C=O) groups is 1. The maximum Gasteiger partial charge on any atom is 0.338 e. The molecule has 1 heterocycles. The number of fused-ring (bicyclic) bond motifs is 1. The molecule has 0 saturated heterocycles. The predicted molar refractivity (Wildman–Crippen MR) is 52.6 cm³/mol. The molecule has 0 N–H and O–H groups in total. The van der Waals surface area contributed by atoms with Gasteiger partial charge in [0.2, 0.25) is 0 Å². The molecule has 1 aliphatic heterocycles. The molecule has 4 nitrogen and oxygen atoms in total. The van der Waals surface area contributed by atoms with Crippen LogP contribution in [-0.2, 0) is 16.2 Å². The van der Waals surface area contributed by atoms with E-state index in [1.54, 1.807) is 19.1 Å². The van der Waals surface area contributed by atoms with E-state index in [9.17, 15) is 4.79 Å². The summed E-state index contributed by atoms with van der Waals surface area (Å²) >= 11 is 0. The number of rotatable bonds is 2. The third-order valence-corrected chi connectivity index (χ3v) is 2.27. The molecule has 0 unspecified atom stereocenters. The average Bonchev–Trinajstić information content (AvgIpc) is 2.63. The number of hydrogen-bond donors (Lipinski definition) is 0. The second-order valence-corrected chi connectivity index (χ2v) is 3.34. The van der Waals surface area contributed by atoms with Crippen LogP contribution in [0.3, 0.4) is 0 Å². The molecule has 0 aliphatic carbocycles. The first-order valence-corrected chi connectivity index (χ1v) is 4.82. The summed E-state index contributed by atoms with van der Waals surface area (Å²) < 4.78 is 4.95. The van der Waals surface area contributed by atoms with Crippen LogP contribution in [0.4, 0.5) is 0 Å². The van der Waals surface area contributed by atoms with Crippen LogP contribution in [0.2, 0.25) is 0 Å². The summed E-state index contributed by atoms with van der Waals surface area (Å²) in [5, 5.41) is 0. The Morgan fingerprint density at radius 2 is 2.33 bits per heavy atom. The van der Waals surface area contributed by atoms with E-state index >= 15 is 0 Å². The molecule has 15 heavy (non-hydrogen) atoms. The highest BCUT2D eigenvalue weighted by atomic mass is 17.2. The SMILES string of the molecule is CCOC(=O)c1cc2c(cc1C)OOC2. The highest BCUT2D eigenvalue weighted by Crippen LogP contribution is 2.29. The zero-order valence-corrected chi connectivity index (χ0v) is 8.70. The van der Waals surface area contributed by atoms with Gasteiger partial charge in [0, 0.05) is 5.56 Å². The second-order valence-electron chi connectivity index (χ2n) is 3.34. The second kappa shape index (κ2) is 3.90. The van der Waals surface area contributed by atoms with Crippen molar-refractivity contribution >= 4 is 5.97 Å². The number of hydrogen-bond acceptors (Lipinski definition) is 4. The van der Waals surface area contributed by atoms with E-state index in [4.69, 9.17) is 14.5 Å². The minimum absolute atomic E-state index is 0.301. The summed E-state index contributed by atoms with van der Waals surface area (Å²) in [5.74, 6) is 0.380. The van der Waals surface area contributed by atoms with Gasteiger partial charge < -0.3 is 9.62 Å². The fraction of sp³-hybridized carbons (Fsp3) is 0.364. The normalized spacial score (nSPS) is 13.2. The third-order valence-electron chi connectivity index (χ3n) is 2.27. The van der Waals surface area contributed by atoms with Crippen molar-refractivity contribution in [1.29, 1.82) is 0 Å². The first-order chi connectivity index (χ1) is 7.22. The Kier molecular flexibility index (Phi) is 2.60. The molecule has 1 aromatic rings. The van der Waals surface area contributed by atoms with Gasteiger partial charge in [-0.15, -0.1) is 0 Å². The lowest BCUT2D eigenvalue weighted by atomic mass is 10.0. The lowest BCUT2D eigenvalue weighted by Crippen LogP contribution is -2.07. The van der Waals surface area contributed by atoms with Gasteiger partial charge in [-0.25, -0.2) is 4.79 Å². The number of benzene rings is 1. The van der Waals surface area contributed by atoms with Gasteiger partial charge in [-0.2, -0.15) is 4.89 Å². The Morgan fingerprint density at radius 3 is 3.07 bits per heavy atom. The molecule has 4 heteroatoms. The van der Waals surface area contributed by atoms with E-state index in [1.165, 1.54) is 0 Å². The standard InChI is InChI=1S/C11H12O4/c1-3-13-11(12)9-5-8-6-14-15-10(8)4-7(9)2/h4-5H,3,6H2,1-2H3. The van der Waals surface area contributed by atoms with Crippen molar-refractivity contribution in [3.63, 3.8) is 0 Å². The van der Waals surface area contributed by atoms with E-state index in [0.717, 1.165) is 11.1 Å². The molecule has 0 aromatic heterocycles. The van der Waals surface area contributed by atoms with Crippen LogP contribution in [0, 0.1) is 6.92 Å². The Bertz CT molecular complexity index is 398. The zero-order valence-electron chi connectivity index (χ0n) is 8.70. The van der Waals surface area contributed by atoms with Crippen LogP contribution in [-0.4, -0.2) is 12.6 Å². The summed E-state index contributed by atoms with van der Waals surface area (Å²) in [5.41, 5.74) is 2.28. The summed E-state index contributed by atoms with van der Waals surface area (Å²) in [7, 11) is 0. The van der Waals surface area contributed by atoms with Crippen LogP contribution in [0.5, 0.6) is 5.75 Å². The van der Waals surface area contributed by atoms with Crippen LogP contribution < -0.4 is 4.89 Å². The topological polar surface area (TPSA) is 44.8 Å². The maximum atomic E-state index is 11.6. The van der Waals surface area contributed by atoms with Crippen molar-refractivity contribution in [2.75, 3.05) is 6.61 Å². The van der Waals surface area contributed by atoms with Crippen LogP contribution in [0.1, 0.15) is 28.4 Å². The van der Waals surface area contributed by atoms with E-state index < -0.39 is 0 Å². The summed E-state index contributed by atoms with van der Waals surface area (Å²) in [6.07, 6.45) is 0. The van der Waals surface area contributed by atoms with E-state index in [0.29, 0.717) is 24.5 Å². The van der Waals surface area contributed by atoms with Gasteiger partial charge in [-0.1, -0.05) is 0 Å². The lowest BCUT2D eigenvalue weighted by molar-refractivity contribution is -0.194. The van der Waals surface area contributed by atoms with Gasteiger partial charge in [-0.3, -0.25) is 0 Å². The molecule has 0 atom stereocenters. The number of carbonyl (C=O) groups excluding carboxylic acids is 1. The van der Waals surface area contributed by atoms with Crippen molar-refractivity contribution in [2.45, 2.75) is 20.5 Å². The molecule has 0 fully saturated rings. The van der Waals surface area contributed by atoms with Crippen molar-refractivity contribution in [1.82, 2.24) is 0 Å². The van der Waals surface area contributed by atoms with Gasteiger partial charge >= 0.3 is 5.97 Å². The zero-order chi connectivity index (χ0) is 10.8. The molecule has 0 saturated carbocycles. The van der Waals surface area contributed by atoms with Gasteiger partial charge in [-0.05, 0) is 31.5 Å². The van der Waals surface area contributed by atoms with Crippen LogP contribution in [0.25, 0.3) is 0 Å². The number of ether oxygens (including phenoxy) is 1. The molecular weight excluding hydrogens is 196 g/mol. The molecule has 2 rings (SSSR count). The minimum atomic E-state index is -0.301. The monoisotopic (exact) mass is 208 g/mol. The predicted octanol–water partition coefficient (Wildman–Crippen LogP) is 2.00. The molecule has 1 aliphatic rings. The van der Waals surface area contributed by atoms with Crippen molar-refractivity contribution in [3.8, 4) is 5.75 Å². The number of esters is 1. The molecule has 0 amide bonds. The smallest absolute Gasteiger partial charge is 0.338 e. The minimum Gasteiger partial charge on any atom is -0.462 e. The van der Waals surface area contributed by atoms with Crippen LogP contribution >= 0.6 is 0 Å². The van der Waals surface area contributed by atoms with Gasteiger partial charge in [0.15, 0.2) is 5.75 Å². The van der Waals surface area contributed by atoms with Crippen molar-refractivity contribution < 1.29 is 19.3 Å². The first kappa shape index (κ1) is 9.98. The number of aryl methyl sites for hydroxylation is 1. The van der Waals surface area contributed by atoms with E-state index in [-0.39, 0.29) is 5.97 Å². The highest BCUT2D eigenvalue weighted by molar-refractivity contribution is 5.91. The fourth-order valence-electron chi connectivity index (χ4n) is 1.50. The van der Waals surface area contributed by atoms with Gasteiger partial charge in [0.25, 0.3) is 0 Å². The Morgan fingerprint density at radius 1 is 1.53 bits per heavy atom. The van der Waals surface area contributed by atoms with E-state index in [2.05, 4.69) is 0 Å².